The van der Waals surface area contributed by atoms with E-state index in [1.807, 2.05) is 7.05 Å². The van der Waals surface area contributed by atoms with Crippen LogP contribution in [0.3, 0.4) is 0 Å². The van der Waals surface area contributed by atoms with E-state index in [1.54, 1.807) is 22.9 Å². The van der Waals surface area contributed by atoms with Crippen molar-refractivity contribution in [3.63, 3.8) is 0 Å². The van der Waals surface area contributed by atoms with Gasteiger partial charge in [-0.25, -0.2) is 9.07 Å². The van der Waals surface area contributed by atoms with Crippen LogP contribution >= 0.6 is 12.2 Å². The molecule has 1 aliphatic heterocycles. The van der Waals surface area contributed by atoms with E-state index in [0.29, 0.717) is 12.2 Å². The Balaban J connectivity index is 1.40. The molecule has 0 spiro atoms. The fraction of sp³-hybridized carbons (Fsp3) is 0.333. The number of hydrogen-bond acceptors (Lipinski definition) is 6. The molecular formula is C21H23FN4O2S. The number of rotatable bonds is 6. The molecule has 0 radical (unpaired) electrons. The quantitative estimate of drug-likeness (QED) is 0.570. The molecule has 0 unspecified atom stereocenters. The summed E-state index contributed by atoms with van der Waals surface area (Å²) in [6.45, 7) is 4.58. The zero-order valence-electron chi connectivity index (χ0n) is 16.3. The smallest absolute Gasteiger partial charge is 0.288 e. The molecule has 0 saturated carbocycles. The molecule has 2 heterocycles. The molecule has 1 aliphatic rings. The molecule has 3 aromatic rings. The van der Waals surface area contributed by atoms with E-state index in [1.165, 1.54) is 17.3 Å². The first-order valence-corrected chi connectivity index (χ1v) is 9.94. The van der Waals surface area contributed by atoms with Crippen molar-refractivity contribution in [1.82, 2.24) is 14.7 Å². The molecule has 29 heavy (non-hydrogen) atoms. The molecule has 1 saturated heterocycles. The Kier molecular flexibility index (Phi) is 6.03. The molecule has 0 bridgehead atoms. The average Bonchev–Trinajstić information content (AvgIpc) is 3.09. The van der Waals surface area contributed by atoms with Gasteiger partial charge in [0.1, 0.15) is 5.82 Å². The van der Waals surface area contributed by atoms with Crippen LogP contribution in [0.25, 0.3) is 11.5 Å². The van der Waals surface area contributed by atoms with Crippen molar-refractivity contribution < 1.29 is 13.5 Å². The first-order chi connectivity index (χ1) is 14.1. The number of nitrogens with zero attached hydrogens (tertiary/aromatic N) is 4. The number of morpholine rings is 1. The van der Waals surface area contributed by atoms with Crippen molar-refractivity contribution in [3.8, 4) is 11.5 Å². The molecular weight excluding hydrogens is 391 g/mol. The third-order valence-electron chi connectivity index (χ3n) is 4.85. The van der Waals surface area contributed by atoms with Crippen molar-refractivity contribution in [2.45, 2.75) is 13.2 Å². The van der Waals surface area contributed by atoms with Gasteiger partial charge in [-0.2, -0.15) is 0 Å². The lowest BCUT2D eigenvalue weighted by Crippen LogP contribution is -2.36. The second kappa shape index (κ2) is 8.86. The van der Waals surface area contributed by atoms with E-state index in [2.05, 4.69) is 39.2 Å². The van der Waals surface area contributed by atoms with Crippen molar-refractivity contribution in [3.05, 3.63) is 64.7 Å². The summed E-state index contributed by atoms with van der Waals surface area (Å²) < 4.78 is 26.4. The van der Waals surface area contributed by atoms with Gasteiger partial charge in [-0.1, -0.05) is 24.3 Å². The van der Waals surface area contributed by atoms with Gasteiger partial charge in [0.05, 0.1) is 25.4 Å². The van der Waals surface area contributed by atoms with Crippen LogP contribution in [0, 0.1) is 10.7 Å². The maximum absolute atomic E-state index is 14.0. The van der Waals surface area contributed by atoms with E-state index in [-0.39, 0.29) is 16.5 Å². The average molecular weight is 415 g/mol. The molecule has 8 heteroatoms. The molecule has 1 aromatic heterocycles. The predicted octanol–water partition coefficient (Wildman–Crippen LogP) is 3.94. The van der Waals surface area contributed by atoms with Gasteiger partial charge in [-0.05, 0) is 49.1 Å². The van der Waals surface area contributed by atoms with Crippen molar-refractivity contribution in [2.75, 3.05) is 38.3 Å². The molecule has 1 fully saturated rings. The topological polar surface area (TPSA) is 46.7 Å². The summed E-state index contributed by atoms with van der Waals surface area (Å²) in [7, 11) is 1.98. The van der Waals surface area contributed by atoms with E-state index >= 15 is 0 Å². The van der Waals surface area contributed by atoms with E-state index in [0.717, 1.165) is 32.8 Å². The minimum atomic E-state index is -0.385. The highest BCUT2D eigenvalue weighted by Crippen LogP contribution is 2.21. The highest BCUT2D eigenvalue weighted by Gasteiger charge is 2.14. The summed E-state index contributed by atoms with van der Waals surface area (Å²) in [5.74, 6) is -0.194. The summed E-state index contributed by atoms with van der Waals surface area (Å²) in [5, 5.41) is 4.34. The van der Waals surface area contributed by atoms with Gasteiger partial charge in [0.25, 0.3) is 4.84 Å². The summed E-state index contributed by atoms with van der Waals surface area (Å²) in [6, 6.07) is 14.9. The van der Waals surface area contributed by atoms with Gasteiger partial charge in [0, 0.05) is 25.3 Å². The van der Waals surface area contributed by atoms with Crippen LogP contribution in [0.15, 0.2) is 52.9 Å². The van der Waals surface area contributed by atoms with Gasteiger partial charge < -0.3 is 14.1 Å². The SMILES string of the molecule is CN(Cc1ccc(N2CCOCC2)cc1)Cn1nc(-c2ccccc2F)oc1=S. The Morgan fingerprint density at radius 1 is 1.10 bits per heavy atom. The molecule has 4 rings (SSSR count). The first kappa shape index (κ1) is 19.8. The number of hydrogen-bond donors (Lipinski definition) is 0. The Hall–Kier alpha value is -2.55. The largest absolute Gasteiger partial charge is 0.409 e. The lowest BCUT2D eigenvalue weighted by Gasteiger charge is -2.29. The number of anilines is 1. The number of aromatic nitrogens is 2. The Labute approximate surface area is 174 Å². The molecule has 152 valence electrons. The third kappa shape index (κ3) is 4.72. The number of ether oxygens (including phenoxy) is 1. The van der Waals surface area contributed by atoms with E-state index in [4.69, 9.17) is 21.4 Å². The molecule has 2 aromatic carbocycles. The predicted molar refractivity (Wildman–Crippen MR) is 112 cm³/mol. The van der Waals surface area contributed by atoms with Crippen LogP contribution in [0.1, 0.15) is 5.56 Å². The second-order valence-corrected chi connectivity index (χ2v) is 7.42. The minimum absolute atomic E-state index is 0.191. The van der Waals surface area contributed by atoms with Gasteiger partial charge in [0.15, 0.2) is 0 Å². The van der Waals surface area contributed by atoms with E-state index < -0.39 is 0 Å². The summed E-state index contributed by atoms with van der Waals surface area (Å²) in [4.78, 5) is 4.63. The molecule has 0 aliphatic carbocycles. The van der Waals surface area contributed by atoms with E-state index in [9.17, 15) is 4.39 Å². The highest BCUT2D eigenvalue weighted by atomic mass is 32.1. The van der Waals surface area contributed by atoms with Gasteiger partial charge in [-0.3, -0.25) is 4.90 Å². The zero-order valence-corrected chi connectivity index (χ0v) is 17.1. The molecule has 6 nitrogen and oxygen atoms in total. The fourth-order valence-corrected chi connectivity index (χ4v) is 3.54. The Bertz CT molecular complexity index is 1010. The van der Waals surface area contributed by atoms with Crippen molar-refractivity contribution in [1.29, 1.82) is 0 Å². The zero-order chi connectivity index (χ0) is 20.2. The van der Waals surface area contributed by atoms with Crippen molar-refractivity contribution in [2.24, 2.45) is 0 Å². The number of benzene rings is 2. The number of halogens is 1. The molecule has 0 atom stereocenters. The normalized spacial score (nSPS) is 14.5. The van der Waals surface area contributed by atoms with Crippen molar-refractivity contribution >= 4 is 17.9 Å². The molecule has 0 N–H and O–H groups in total. The maximum atomic E-state index is 14.0. The van der Waals surface area contributed by atoms with Crippen LogP contribution in [-0.2, 0) is 18.0 Å². The first-order valence-electron chi connectivity index (χ1n) is 9.53. The Morgan fingerprint density at radius 3 is 2.55 bits per heavy atom. The molecule has 0 amide bonds. The van der Waals surface area contributed by atoms with Gasteiger partial charge >= 0.3 is 0 Å². The van der Waals surface area contributed by atoms with Gasteiger partial charge in [0.2, 0.25) is 5.89 Å². The standard InChI is InChI=1S/C21H23FN4O2S/c1-24(14-16-6-8-17(9-7-16)25-10-12-27-13-11-25)15-26-21(29)28-20(23-26)18-4-2-3-5-19(18)22/h2-9H,10-15H2,1H3. The highest BCUT2D eigenvalue weighted by molar-refractivity contribution is 7.71. The third-order valence-corrected chi connectivity index (χ3v) is 5.15. The lowest BCUT2D eigenvalue weighted by molar-refractivity contribution is 0.122. The lowest BCUT2D eigenvalue weighted by atomic mass is 10.2. The van der Waals surface area contributed by atoms with Crippen LogP contribution in [-0.4, -0.2) is 48.0 Å². The van der Waals surface area contributed by atoms with Gasteiger partial charge in [-0.15, -0.1) is 5.10 Å². The maximum Gasteiger partial charge on any atom is 0.288 e. The summed E-state index contributed by atoms with van der Waals surface area (Å²) in [5.41, 5.74) is 2.71. The summed E-state index contributed by atoms with van der Waals surface area (Å²) >= 11 is 5.26. The van der Waals surface area contributed by atoms with Crippen LogP contribution in [0.2, 0.25) is 0 Å². The summed E-state index contributed by atoms with van der Waals surface area (Å²) in [6.07, 6.45) is 0. The van der Waals surface area contributed by atoms with Crippen LogP contribution in [0.4, 0.5) is 10.1 Å². The fourth-order valence-electron chi connectivity index (χ4n) is 3.36. The monoisotopic (exact) mass is 414 g/mol. The van der Waals surface area contributed by atoms with Crippen LogP contribution in [0.5, 0.6) is 0 Å². The minimum Gasteiger partial charge on any atom is -0.409 e. The second-order valence-electron chi connectivity index (χ2n) is 7.07. The Morgan fingerprint density at radius 2 is 1.83 bits per heavy atom. The van der Waals surface area contributed by atoms with Crippen LogP contribution < -0.4 is 4.90 Å².